The first-order chi connectivity index (χ1) is 12.9. The van der Waals surface area contributed by atoms with Gasteiger partial charge >= 0.3 is 0 Å². The maximum absolute atomic E-state index is 12.5. The van der Waals surface area contributed by atoms with Crippen LogP contribution in [0.2, 0.25) is 0 Å². The highest BCUT2D eigenvalue weighted by molar-refractivity contribution is 7.99. The molecule has 1 heterocycles. The van der Waals surface area contributed by atoms with Crippen molar-refractivity contribution in [2.24, 2.45) is 5.10 Å². The van der Waals surface area contributed by atoms with E-state index in [9.17, 15) is 18.4 Å². The molecule has 1 N–H and O–H groups in total. The van der Waals surface area contributed by atoms with E-state index in [4.69, 9.17) is 0 Å². The Kier molecular flexibility index (Phi) is 5.85. The number of carbonyl (C=O) groups excluding carboxylic acids is 2. The maximum Gasteiger partial charge on any atom is 0.288 e. The van der Waals surface area contributed by atoms with Crippen molar-refractivity contribution >= 4 is 40.5 Å². The fraction of sp³-hybridized carbons (Fsp3) is 0.211. The molecule has 0 saturated carbocycles. The van der Waals surface area contributed by atoms with E-state index in [0.717, 1.165) is 5.69 Å². The van der Waals surface area contributed by atoms with E-state index in [1.165, 1.54) is 19.1 Å². The lowest BCUT2D eigenvalue weighted by Gasteiger charge is -2.20. The normalized spacial score (nSPS) is 16.4. The second kappa shape index (κ2) is 8.30. The van der Waals surface area contributed by atoms with Crippen LogP contribution in [0.1, 0.15) is 13.3 Å². The van der Waals surface area contributed by atoms with Crippen LogP contribution in [-0.2, 0) is 9.59 Å². The fourth-order valence-electron chi connectivity index (χ4n) is 2.71. The van der Waals surface area contributed by atoms with E-state index in [2.05, 4.69) is 10.4 Å². The van der Waals surface area contributed by atoms with E-state index in [1.54, 1.807) is 17.1 Å². The minimum Gasteiger partial charge on any atom is -0.321 e. The molecule has 3 rings (SSSR count). The van der Waals surface area contributed by atoms with Gasteiger partial charge in [0.1, 0.15) is 11.8 Å². The summed E-state index contributed by atoms with van der Waals surface area (Å²) in [6.45, 7) is 1.47. The quantitative estimate of drug-likeness (QED) is 0.754. The molecule has 8 heteroatoms. The van der Waals surface area contributed by atoms with Gasteiger partial charge in [0.15, 0.2) is 5.78 Å². The third-order valence-corrected chi connectivity index (χ3v) is 4.72. The zero-order valence-corrected chi connectivity index (χ0v) is 15.2. The number of hydrogen-bond donors (Lipinski definition) is 1. The topological polar surface area (TPSA) is 61.8 Å². The number of rotatable bonds is 6. The Morgan fingerprint density at radius 2 is 1.81 bits per heavy atom. The lowest BCUT2D eigenvalue weighted by molar-refractivity contribution is -0.118. The van der Waals surface area contributed by atoms with Crippen LogP contribution in [0, 0.1) is 0 Å². The predicted molar refractivity (Wildman–Crippen MR) is 102 cm³/mol. The minimum atomic E-state index is -2.49. The van der Waals surface area contributed by atoms with Crippen LogP contribution in [0.3, 0.4) is 0 Å². The summed E-state index contributed by atoms with van der Waals surface area (Å²) in [5.41, 5.74) is 1.44. The molecule has 1 aliphatic rings. The van der Waals surface area contributed by atoms with Gasteiger partial charge in [-0.1, -0.05) is 30.0 Å². The summed E-state index contributed by atoms with van der Waals surface area (Å²) in [6.07, 6.45) is 0.204. The Balaban J connectivity index is 1.73. The summed E-state index contributed by atoms with van der Waals surface area (Å²) in [5, 5.41) is 8.57. The summed E-state index contributed by atoms with van der Waals surface area (Å²) < 4.78 is 24.7. The molecule has 27 heavy (non-hydrogen) atoms. The van der Waals surface area contributed by atoms with Crippen molar-refractivity contribution in [3.63, 3.8) is 0 Å². The van der Waals surface area contributed by atoms with E-state index < -0.39 is 17.7 Å². The number of ketones is 1. The van der Waals surface area contributed by atoms with E-state index >= 15 is 0 Å². The number of Topliss-reactive ketones (excluding diaryl/α,β-unsaturated/α-hetero) is 1. The standard InChI is InChI=1S/C19H17F2N3O2S/c1-12(25)17-11-16(23-24(17)14-5-3-2-4-6-14)18(26)22-13-7-9-15(10-8-13)27-19(20)21/h2-10,17,19H,11H2,1H3,(H,22,26). The summed E-state index contributed by atoms with van der Waals surface area (Å²) in [4.78, 5) is 24.9. The minimum absolute atomic E-state index is 0.0845. The van der Waals surface area contributed by atoms with Crippen molar-refractivity contribution in [2.45, 2.75) is 30.0 Å². The molecule has 0 bridgehead atoms. The Morgan fingerprint density at radius 3 is 2.41 bits per heavy atom. The van der Waals surface area contributed by atoms with Gasteiger partial charge in [0.2, 0.25) is 0 Å². The highest BCUT2D eigenvalue weighted by Gasteiger charge is 2.34. The molecule has 1 atom stereocenters. The van der Waals surface area contributed by atoms with Gasteiger partial charge in [-0.15, -0.1) is 0 Å². The Bertz CT molecular complexity index is 857. The van der Waals surface area contributed by atoms with Gasteiger partial charge in [-0.3, -0.25) is 14.6 Å². The number of hydrogen-bond acceptors (Lipinski definition) is 5. The van der Waals surface area contributed by atoms with Gasteiger partial charge in [-0.2, -0.15) is 13.9 Å². The van der Waals surface area contributed by atoms with Crippen LogP contribution in [0.15, 0.2) is 64.6 Å². The number of alkyl halides is 2. The number of amides is 1. The molecular weight excluding hydrogens is 372 g/mol. The molecular formula is C19H17F2N3O2S. The van der Waals surface area contributed by atoms with Gasteiger partial charge < -0.3 is 5.32 Å². The molecule has 0 spiro atoms. The molecule has 0 radical (unpaired) electrons. The van der Waals surface area contributed by atoms with Crippen molar-refractivity contribution in [1.29, 1.82) is 0 Å². The maximum atomic E-state index is 12.5. The average Bonchev–Trinajstić information content (AvgIpc) is 3.09. The first kappa shape index (κ1) is 19.0. The average molecular weight is 389 g/mol. The molecule has 0 fully saturated rings. The number of hydrazone groups is 1. The van der Waals surface area contributed by atoms with Gasteiger partial charge in [0, 0.05) is 17.0 Å². The van der Waals surface area contributed by atoms with Crippen LogP contribution < -0.4 is 10.3 Å². The van der Waals surface area contributed by atoms with Crippen molar-refractivity contribution in [3.8, 4) is 0 Å². The highest BCUT2D eigenvalue weighted by atomic mass is 32.2. The summed E-state index contributed by atoms with van der Waals surface area (Å²) >= 11 is 0.439. The molecule has 0 aliphatic carbocycles. The summed E-state index contributed by atoms with van der Waals surface area (Å²) in [5.74, 6) is -3.00. The number of benzene rings is 2. The van der Waals surface area contributed by atoms with Gasteiger partial charge in [0.05, 0.1) is 5.69 Å². The van der Waals surface area contributed by atoms with Gasteiger partial charge in [-0.25, -0.2) is 0 Å². The molecule has 140 valence electrons. The zero-order chi connectivity index (χ0) is 19.4. The Hall–Kier alpha value is -2.74. The molecule has 2 aromatic rings. The third-order valence-electron chi connectivity index (χ3n) is 4.00. The number of para-hydroxylation sites is 1. The molecule has 1 aliphatic heterocycles. The van der Waals surface area contributed by atoms with Crippen LogP contribution >= 0.6 is 11.8 Å². The van der Waals surface area contributed by atoms with Gasteiger partial charge in [0.25, 0.3) is 11.7 Å². The number of nitrogens with one attached hydrogen (secondary N) is 1. The SMILES string of the molecule is CC(=O)C1CC(C(=O)Nc2ccc(SC(F)F)cc2)=NN1c1ccccc1. The highest BCUT2D eigenvalue weighted by Crippen LogP contribution is 2.27. The van der Waals surface area contributed by atoms with Gasteiger partial charge in [-0.05, 0) is 43.3 Å². The lowest BCUT2D eigenvalue weighted by atomic mass is 10.1. The van der Waals surface area contributed by atoms with Crippen LogP contribution in [0.4, 0.5) is 20.2 Å². The number of carbonyl (C=O) groups is 2. The van der Waals surface area contributed by atoms with E-state index in [1.807, 2.05) is 30.3 Å². The monoisotopic (exact) mass is 389 g/mol. The number of anilines is 2. The van der Waals surface area contributed by atoms with Crippen LogP contribution in [0.25, 0.3) is 0 Å². The van der Waals surface area contributed by atoms with E-state index in [0.29, 0.717) is 22.3 Å². The van der Waals surface area contributed by atoms with Crippen molar-refractivity contribution in [3.05, 3.63) is 54.6 Å². The first-order valence-corrected chi connectivity index (χ1v) is 9.10. The van der Waals surface area contributed by atoms with Crippen molar-refractivity contribution in [2.75, 3.05) is 10.3 Å². The summed E-state index contributed by atoms with van der Waals surface area (Å²) in [7, 11) is 0. The third kappa shape index (κ3) is 4.71. The van der Waals surface area contributed by atoms with Crippen LogP contribution in [-0.4, -0.2) is 29.2 Å². The van der Waals surface area contributed by atoms with Crippen molar-refractivity contribution in [1.82, 2.24) is 0 Å². The molecule has 0 aromatic heterocycles. The smallest absolute Gasteiger partial charge is 0.288 e. The molecule has 2 aromatic carbocycles. The predicted octanol–water partition coefficient (Wildman–Crippen LogP) is 4.16. The number of thioether (sulfide) groups is 1. The molecule has 1 unspecified atom stereocenters. The van der Waals surface area contributed by atoms with Crippen LogP contribution in [0.5, 0.6) is 0 Å². The number of halogens is 2. The first-order valence-electron chi connectivity index (χ1n) is 8.22. The van der Waals surface area contributed by atoms with E-state index in [-0.39, 0.29) is 17.9 Å². The number of nitrogens with zero attached hydrogens (tertiary/aromatic N) is 2. The largest absolute Gasteiger partial charge is 0.321 e. The second-order valence-electron chi connectivity index (χ2n) is 5.91. The Labute approximate surface area is 159 Å². The molecule has 5 nitrogen and oxygen atoms in total. The summed E-state index contributed by atoms with van der Waals surface area (Å²) in [6, 6.07) is 14.8. The zero-order valence-electron chi connectivity index (χ0n) is 14.4. The second-order valence-corrected chi connectivity index (χ2v) is 6.98. The molecule has 0 saturated heterocycles. The Morgan fingerprint density at radius 1 is 1.15 bits per heavy atom. The fourth-order valence-corrected chi connectivity index (χ4v) is 3.20. The lowest BCUT2D eigenvalue weighted by Crippen LogP contribution is -2.33. The molecule has 1 amide bonds. The van der Waals surface area contributed by atoms with Crippen molar-refractivity contribution < 1.29 is 18.4 Å².